The molecule has 0 fully saturated rings. The number of nitrogens with zero attached hydrogens (tertiary/aromatic N) is 1. The van der Waals surface area contributed by atoms with Gasteiger partial charge in [0.05, 0.1) is 0 Å². The molecule has 0 spiro atoms. The largest absolute Gasteiger partial charge is 0.467 e. The van der Waals surface area contributed by atoms with Crippen LogP contribution in [-0.4, -0.2) is 26.5 Å². The van der Waals surface area contributed by atoms with E-state index in [1.165, 1.54) is 0 Å². The van der Waals surface area contributed by atoms with Crippen LogP contribution in [-0.2, 0) is 4.74 Å². The Morgan fingerprint density at radius 1 is 1.24 bits per heavy atom. The Kier molecular flexibility index (Phi) is 5.65. The fourth-order valence-electron chi connectivity index (χ4n) is 1.82. The normalized spacial score (nSPS) is 11.9. The van der Waals surface area contributed by atoms with Crippen molar-refractivity contribution < 1.29 is 9.47 Å². The fourth-order valence-corrected chi connectivity index (χ4v) is 3.18. The third kappa shape index (κ3) is 4.95. The van der Waals surface area contributed by atoms with Crippen molar-refractivity contribution in [3.8, 4) is 5.75 Å². The summed E-state index contributed by atoms with van der Waals surface area (Å²) in [6, 6.07) is 6.78. The molecule has 1 aromatic carbocycles. The number of benzene rings is 1. The molecule has 6 heteroatoms. The van der Waals surface area contributed by atoms with Crippen LogP contribution in [0.1, 0.15) is 0 Å². The number of halogens is 2. The number of hydrogen-bond acceptors (Lipinski definition) is 3. The summed E-state index contributed by atoms with van der Waals surface area (Å²) in [5.74, 6) is 0.755. The monoisotopic (exact) mass is 387 g/mol. The van der Waals surface area contributed by atoms with Gasteiger partial charge in [-0.1, -0.05) is 47.2 Å². The van der Waals surface area contributed by atoms with E-state index in [4.69, 9.17) is 21.1 Å². The summed E-state index contributed by atoms with van der Waals surface area (Å²) < 4.78 is 12.3. The molecule has 0 amide bonds. The third-order valence-corrected chi connectivity index (χ3v) is 5.67. The molecule has 1 aromatic heterocycles. The number of hydrogen-bond donors (Lipinski definition) is 0. The molecule has 0 aliphatic carbocycles. The van der Waals surface area contributed by atoms with Gasteiger partial charge in [0.1, 0.15) is 10.9 Å². The molecule has 0 radical (unpaired) electrons. The van der Waals surface area contributed by atoms with Crippen molar-refractivity contribution in [1.29, 1.82) is 0 Å². The van der Waals surface area contributed by atoms with E-state index in [0.29, 0.717) is 5.15 Å². The minimum absolute atomic E-state index is 0.251. The lowest BCUT2D eigenvalue weighted by Gasteiger charge is -2.16. The summed E-state index contributed by atoms with van der Waals surface area (Å²) in [6.07, 6.45) is 1.74. The molecule has 114 valence electrons. The zero-order valence-corrected chi connectivity index (χ0v) is 15.8. The van der Waals surface area contributed by atoms with Gasteiger partial charge >= 0.3 is 0 Å². The molecule has 0 bridgehead atoms. The first-order valence-electron chi connectivity index (χ1n) is 6.81. The Morgan fingerprint density at radius 2 is 2.00 bits per heavy atom. The van der Waals surface area contributed by atoms with Gasteiger partial charge in [0, 0.05) is 36.1 Å². The van der Waals surface area contributed by atoms with Crippen molar-refractivity contribution >= 4 is 46.4 Å². The van der Waals surface area contributed by atoms with Crippen LogP contribution in [0.2, 0.25) is 30.8 Å². The zero-order chi connectivity index (χ0) is 15.5. The van der Waals surface area contributed by atoms with Crippen molar-refractivity contribution in [3.63, 3.8) is 0 Å². The lowest BCUT2D eigenvalue weighted by molar-refractivity contribution is 0.0230. The molecule has 3 nitrogen and oxygen atoms in total. The summed E-state index contributed by atoms with van der Waals surface area (Å²) in [7, 11) is -1.06. The van der Waals surface area contributed by atoms with E-state index < -0.39 is 8.07 Å². The summed E-state index contributed by atoms with van der Waals surface area (Å²) >= 11 is 9.47. The molecule has 0 saturated carbocycles. The molecule has 0 aliphatic rings. The first-order chi connectivity index (χ1) is 9.87. The second-order valence-corrected chi connectivity index (χ2v) is 12.9. The van der Waals surface area contributed by atoms with Gasteiger partial charge in [0.2, 0.25) is 0 Å². The maximum Gasteiger partial charge on any atom is 0.189 e. The molecule has 0 aliphatic heterocycles. The summed E-state index contributed by atoms with van der Waals surface area (Å²) in [5, 5.41) is 2.35. The third-order valence-electron chi connectivity index (χ3n) is 3.07. The Hall–Kier alpha value is -0.623. The van der Waals surface area contributed by atoms with Gasteiger partial charge < -0.3 is 9.47 Å². The van der Waals surface area contributed by atoms with E-state index in [1.807, 2.05) is 12.1 Å². The zero-order valence-electron chi connectivity index (χ0n) is 12.5. The molecular formula is C15H19BrClNO2Si. The Morgan fingerprint density at radius 3 is 2.71 bits per heavy atom. The van der Waals surface area contributed by atoms with Gasteiger partial charge in [0.25, 0.3) is 0 Å². The Bertz CT molecular complexity index is 631. The van der Waals surface area contributed by atoms with Gasteiger partial charge in [-0.15, -0.1) is 0 Å². The average Bonchev–Trinajstić information content (AvgIpc) is 2.39. The van der Waals surface area contributed by atoms with Crippen molar-refractivity contribution in [2.45, 2.75) is 25.7 Å². The van der Waals surface area contributed by atoms with Crippen molar-refractivity contribution in [3.05, 3.63) is 34.0 Å². The molecule has 0 saturated heterocycles. The lowest BCUT2D eigenvalue weighted by atomic mass is 10.1. The minimum atomic E-state index is -1.06. The molecule has 1 heterocycles. The molecule has 2 rings (SSSR count). The lowest BCUT2D eigenvalue weighted by Crippen LogP contribution is -2.22. The highest BCUT2D eigenvalue weighted by atomic mass is 79.9. The first-order valence-corrected chi connectivity index (χ1v) is 11.7. The summed E-state index contributed by atoms with van der Waals surface area (Å²) in [5.41, 5.74) is 0. The van der Waals surface area contributed by atoms with Crippen LogP contribution in [0.4, 0.5) is 0 Å². The van der Waals surface area contributed by atoms with Crippen LogP contribution < -0.4 is 4.74 Å². The summed E-state index contributed by atoms with van der Waals surface area (Å²) in [4.78, 5) is 4.10. The highest BCUT2D eigenvalue weighted by Gasteiger charge is 2.12. The van der Waals surface area contributed by atoms with Crippen LogP contribution in [0, 0.1) is 0 Å². The van der Waals surface area contributed by atoms with Gasteiger partial charge in [-0.05, 0) is 24.2 Å². The highest BCUT2D eigenvalue weighted by molar-refractivity contribution is 9.10. The maximum atomic E-state index is 5.97. The quantitative estimate of drug-likeness (QED) is 0.289. The number of ether oxygens (including phenoxy) is 2. The number of fused-ring (bicyclic) bond motifs is 1. The molecule has 21 heavy (non-hydrogen) atoms. The Labute approximate surface area is 139 Å². The first kappa shape index (κ1) is 16.7. The summed E-state index contributed by atoms with van der Waals surface area (Å²) in [6.45, 7) is 7.98. The van der Waals surface area contributed by atoms with Crippen molar-refractivity contribution in [2.24, 2.45) is 0 Å². The van der Waals surface area contributed by atoms with E-state index in [1.54, 1.807) is 12.3 Å². The van der Waals surface area contributed by atoms with Crippen molar-refractivity contribution in [1.82, 2.24) is 4.98 Å². The van der Waals surface area contributed by atoms with E-state index in [0.717, 1.165) is 33.6 Å². The second-order valence-electron chi connectivity index (χ2n) is 6.08. The fraction of sp³-hybridized carbons (Fsp3) is 0.400. The van der Waals surface area contributed by atoms with Gasteiger partial charge in [0.15, 0.2) is 6.79 Å². The Balaban J connectivity index is 2.02. The van der Waals surface area contributed by atoms with Crippen LogP contribution in [0.25, 0.3) is 10.8 Å². The SMILES string of the molecule is C[Si](C)(C)CCOCOc1ccc(Br)c2cnc(Cl)cc12. The standard InChI is InChI=1S/C15H19BrClNO2Si/c1-21(2,3)7-6-19-10-20-14-5-4-13(16)12-9-18-15(17)8-11(12)14/h4-5,8-9H,6-7,10H2,1-3H3. The van der Waals surface area contributed by atoms with E-state index >= 15 is 0 Å². The van der Waals surface area contributed by atoms with Crippen molar-refractivity contribution in [2.75, 3.05) is 13.4 Å². The van der Waals surface area contributed by atoms with E-state index in [-0.39, 0.29) is 6.79 Å². The second kappa shape index (κ2) is 7.09. The van der Waals surface area contributed by atoms with E-state index in [9.17, 15) is 0 Å². The predicted octanol–water partition coefficient (Wildman–Crippen LogP) is 5.34. The van der Waals surface area contributed by atoms with Crippen LogP contribution in [0.5, 0.6) is 5.75 Å². The van der Waals surface area contributed by atoms with E-state index in [2.05, 4.69) is 40.6 Å². The van der Waals surface area contributed by atoms with Gasteiger partial charge in [-0.25, -0.2) is 4.98 Å². The molecule has 0 atom stereocenters. The molecule has 0 unspecified atom stereocenters. The number of rotatable bonds is 6. The molecular weight excluding hydrogens is 370 g/mol. The molecule has 2 aromatic rings. The van der Waals surface area contributed by atoms with Gasteiger partial charge in [-0.2, -0.15) is 0 Å². The maximum absolute atomic E-state index is 5.97. The predicted molar refractivity (Wildman–Crippen MR) is 94.1 cm³/mol. The van der Waals surface area contributed by atoms with Gasteiger partial charge in [-0.3, -0.25) is 0 Å². The smallest absolute Gasteiger partial charge is 0.189 e. The topological polar surface area (TPSA) is 31.4 Å². The van der Waals surface area contributed by atoms with Crippen LogP contribution in [0.15, 0.2) is 28.9 Å². The molecule has 0 N–H and O–H groups in total. The number of pyridine rings is 1. The number of aromatic nitrogens is 1. The minimum Gasteiger partial charge on any atom is -0.467 e. The highest BCUT2D eigenvalue weighted by Crippen LogP contribution is 2.32. The average molecular weight is 389 g/mol. The van der Waals surface area contributed by atoms with Crippen LogP contribution >= 0.6 is 27.5 Å². The van der Waals surface area contributed by atoms with Crippen LogP contribution in [0.3, 0.4) is 0 Å².